The Morgan fingerprint density at radius 3 is 2.43 bits per heavy atom. The van der Waals surface area contributed by atoms with Crippen LogP contribution in [-0.2, 0) is 23.9 Å². The van der Waals surface area contributed by atoms with Crippen LogP contribution in [0.2, 0.25) is 0 Å². The van der Waals surface area contributed by atoms with Gasteiger partial charge in [0, 0.05) is 37.3 Å². The van der Waals surface area contributed by atoms with Gasteiger partial charge in [-0.05, 0) is 105 Å². The van der Waals surface area contributed by atoms with Gasteiger partial charge in [0.15, 0.2) is 5.96 Å². The minimum atomic E-state index is -1.10. The number of nitrogens with zero attached hydrogens (tertiary/aromatic N) is 1. The Morgan fingerprint density at radius 2 is 1.73 bits per heavy atom. The molecule has 0 aromatic carbocycles. The number of carbonyl (C=O) groups excluding carboxylic acids is 2. The van der Waals surface area contributed by atoms with Crippen molar-refractivity contribution in [2.75, 3.05) is 6.54 Å². The summed E-state index contributed by atoms with van der Waals surface area (Å²) in [7, 11) is 0. The van der Waals surface area contributed by atoms with E-state index in [1.165, 1.54) is 6.07 Å². The third-order valence-electron chi connectivity index (χ3n) is 13.7. The first-order valence-corrected chi connectivity index (χ1v) is 19.0. The number of aliphatic carboxylic acids is 1. The first kappa shape index (κ1) is 37.3. The normalized spacial score (nSPS) is 36.7. The van der Waals surface area contributed by atoms with Crippen molar-refractivity contribution >= 4 is 23.8 Å². The van der Waals surface area contributed by atoms with Gasteiger partial charge < -0.3 is 40.9 Å². The maximum atomic E-state index is 12.8. The number of hydrogen-bond donors (Lipinski definition) is 5. The lowest BCUT2D eigenvalue weighted by Crippen LogP contribution is -2.65. The second-order valence-electron chi connectivity index (χ2n) is 16.4. The van der Waals surface area contributed by atoms with Gasteiger partial charge in [-0.1, -0.05) is 26.7 Å². The molecule has 282 valence electrons. The Kier molecular flexibility index (Phi) is 10.6. The smallest absolute Gasteiger partial charge is 0.335 e. The fraction of sp³-hybridized carbons (Fsp3) is 0.763. The Bertz CT molecular complexity index is 1540. The highest BCUT2D eigenvalue weighted by Gasteiger charge is 2.81. The molecule has 1 aliphatic heterocycles. The molecule has 10 unspecified atom stereocenters. The van der Waals surface area contributed by atoms with Gasteiger partial charge in [0.05, 0.1) is 18.0 Å². The number of aliphatic hydroxyl groups is 1. The number of unbranched alkanes of at least 4 members (excludes halogenated alkanes) is 3. The first-order chi connectivity index (χ1) is 24.2. The number of fused-ring (bicyclic) bond motifs is 3. The molecule has 7 N–H and O–H groups in total. The highest BCUT2D eigenvalue weighted by Crippen LogP contribution is 2.78. The predicted molar refractivity (Wildman–Crippen MR) is 187 cm³/mol. The van der Waals surface area contributed by atoms with Crippen LogP contribution in [0, 0.1) is 22.7 Å². The average molecular weight is 713 g/mol. The van der Waals surface area contributed by atoms with E-state index in [4.69, 9.17) is 25.4 Å². The van der Waals surface area contributed by atoms with E-state index in [2.05, 4.69) is 24.2 Å². The van der Waals surface area contributed by atoms with E-state index in [-0.39, 0.29) is 77.3 Å². The van der Waals surface area contributed by atoms with E-state index in [0.717, 1.165) is 56.9 Å². The summed E-state index contributed by atoms with van der Waals surface area (Å²) in [4.78, 5) is 52.1. The molecular weight excluding hydrogens is 656 g/mol. The van der Waals surface area contributed by atoms with Crippen LogP contribution in [0.4, 0.5) is 0 Å². The Hall–Kier alpha value is -3.45. The molecule has 10 atom stereocenters. The van der Waals surface area contributed by atoms with Crippen LogP contribution in [0.5, 0.6) is 0 Å². The van der Waals surface area contributed by atoms with Crippen molar-refractivity contribution in [3.05, 3.63) is 34.4 Å². The van der Waals surface area contributed by atoms with Crippen molar-refractivity contribution in [1.29, 1.82) is 0 Å². The number of ether oxygens (including phenoxy) is 2. The van der Waals surface area contributed by atoms with E-state index >= 15 is 0 Å². The third kappa shape index (κ3) is 7.04. The lowest BCUT2D eigenvalue weighted by molar-refractivity contribution is -0.227. The Balaban J connectivity index is 0.929. The molecule has 51 heavy (non-hydrogen) atoms. The van der Waals surface area contributed by atoms with Crippen LogP contribution in [-0.4, -0.2) is 70.0 Å². The second kappa shape index (κ2) is 14.5. The standard InChI is InChI=1S/C38H56N4O9/c1-35-16-13-24(50-32(45)10-6-4-3-5-9-30(43)42-28(33(46)47)8-7-19-41-34(39)40)21-37(35,48)18-15-26-25(35)14-17-36(2)27(20-29-38(26,36)51-29)23-11-12-31(44)49-22-23/h11-12,22,24-29,48H,3-10,13-21H2,1-2H3,(H,42,43)(H,46,47)(H4,39,40,41). The average Bonchev–Trinajstić information content (AvgIpc) is 3.73. The molecule has 13 heteroatoms. The zero-order chi connectivity index (χ0) is 36.6. The highest BCUT2D eigenvalue weighted by molar-refractivity contribution is 5.83. The van der Waals surface area contributed by atoms with Gasteiger partial charge >= 0.3 is 17.6 Å². The van der Waals surface area contributed by atoms with Gasteiger partial charge in [0.1, 0.15) is 17.7 Å². The predicted octanol–water partition coefficient (Wildman–Crippen LogP) is 3.89. The van der Waals surface area contributed by atoms with Gasteiger partial charge in [-0.25, -0.2) is 9.59 Å². The van der Waals surface area contributed by atoms with E-state index in [0.29, 0.717) is 50.5 Å². The monoisotopic (exact) mass is 712 g/mol. The van der Waals surface area contributed by atoms with Gasteiger partial charge in [-0.2, -0.15) is 0 Å². The topological polar surface area (TPSA) is 220 Å². The fourth-order valence-corrected chi connectivity index (χ4v) is 11.0. The van der Waals surface area contributed by atoms with Crippen LogP contribution >= 0.6 is 0 Å². The molecule has 5 aliphatic rings. The molecule has 1 saturated heterocycles. The fourth-order valence-electron chi connectivity index (χ4n) is 11.0. The van der Waals surface area contributed by atoms with Crippen LogP contribution in [0.1, 0.15) is 128 Å². The molecule has 0 radical (unpaired) electrons. The van der Waals surface area contributed by atoms with Gasteiger partial charge in [-0.3, -0.25) is 14.6 Å². The second-order valence-corrected chi connectivity index (χ2v) is 16.4. The van der Waals surface area contributed by atoms with Crippen LogP contribution in [0.15, 0.2) is 32.6 Å². The van der Waals surface area contributed by atoms with Gasteiger partial charge in [-0.15, -0.1) is 0 Å². The Labute approximate surface area is 299 Å². The summed E-state index contributed by atoms with van der Waals surface area (Å²) in [5.74, 6) is -0.757. The molecule has 1 aromatic rings. The summed E-state index contributed by atoms with van der Waals surface area (Å²) in [5.41, 5.74) is 9.86. The Morgan fingerprint density at radius 1 is 1.00 bits per heavy atom. The summed E-state index contributed by atoms with van der Waals surface area (Å²) in [5, 5.41) is 24.2. The number of carboxylic acids is 1. The largest absolute Gasteiger partial charge is 0.480 e. The van der Waals surface area contributed by atoms with Crippen molar-refractivity contribution < 1.29 is 38.5 Å². The maximum Gasteiger partial charge on any atom is 0.335 e. The molecule has 1 spiro atoms. The number of nitrogens with two attached hydrogens (primary N) is 2. The van der Waals surface area contributed by atoms with Crippen molar-refractivity contribution in [2.24, 2.45) is 39.1 Å². The molecule has 0 bridgehead atoms. The highest BCUT2D eigenvalue weighted by atomic mass is 16.6. The van der Waals surface area contributed by atoms with Crippen molar-refractivity contribution in [2.45, 2.75) is 152 Å². The van der Waals surface area contributed by atoms with Crippen molar-refractivity contribution in [3.8, 4) is 0 Å². The lowest BCUT2D eigenvalue weighted by Gasteiger charge is -2.64. The minimum Gasteiger partial charge on any atom is -0.480 e. The van der Waals surface area contributed by atoms with E-state index in [1.807, 2.05) is 6.07 Å². The number of aliphatic imine (C=N–C) groups is 1. The molecule has 4 saturated carbocycles. The van der Waals surface area contributed by atoms with E-state index in [1.54, 1.807) is 6.26 Å². The number of esters is 1. The SMILES string of the molecule is CC12CCC(OC(=O)CCCCCCC(=O)NC(CCCN=C(N)N)C(=O)O)CC1(O)CCC1C2CCC2(C)C(c3ccc(=O)oc3)CC3OC312. The molecule has 6 rings (SSSR count). The summed E-state index contributed by atoms with van der Waals surface area (Å²) in [6.45, 7) is 4.92. The number of carboxylic acid groups (broad SMARTS) is 1. The molecular formula is C38H56N4O9. The number of carbonyl (C=O) groups is 3. The summed E-state index contributed by atoms with van der Waals surface area (Å²) in [6.07, 6.45) is 11.9. The van der Waals surface area contributed by atoms with Crippen LogP contribution in [0.3, 0.4) is 0 Å². The quantitative estimate of drug-likeness (QED) is 0.0577. The summed E-state index contributed by atoms with van der Waals surface area (Å²) < 4.78 is 17.9. The van der Waals surface area contributed by atoms with Crippen LogP contribution < -0.4 is 22.4 Å². The maximum absolute atomic E-state index is 12.8. The minimum absolute atomic E-state index is 0.0517. The number of epoxide rings is 1. The molecule has 4 aliphatic carbocycles. The zero-order valence-corrected chi connectivity index (χ0v) is 30.1. The lowest BCUT2D eigenvalue weighted by atomic mass is 9.42. The molecule has 1 amide bonds. The van der Waals surface area contributed by atoms with E-state index < -0.39 is 17.6 Å². The summed E-state index contributed by atoms with van der Waals surface area (Å²) in [6, 6.07) is 2.44. The zero-order valence-electron chi connectivity index (χ0n) is 30.1. The van der Waals surface area contributed by atoms with E-state index in [9.17, 15) is 29.4 Å². The number of guanidine groups is 1. The number of amides is 1. The summed E-state index contributed by atoms with van der Waals surface area (Å²) >= 11 is 0. The molecule has 5 fully saturated rings. The molecule has 13 nitrogen and oxygen atoms in total. The number of nitrogens with one attached hydrogen (secondary N) is 1. The third-order valence-corrected chi connectivity index (χ3v) is 13.7. The van der Waals surface area contributed by atoms with Gasteiger partial charge in [0.25, 0.3) is 0 Å². The first-order valence-electron chi connectivity index (χ1n) is 19.0. The van der Waals surface area contributed by atoms with Crippen molar-refractivity contribution in [3.63, 3.8) is 0 Å². The van der Waals surface area contributed by atoms with Crippen LogP contribution in [0.25, 0.3) is 0 Å². The molecule has 1 aromatic heterocycles. The van der Waals surface area contributed by atoms with Crippen molar-refractivity contribution in [1.82, 2.24) is 5.32 Å². The van der Waals surface area contributed by atoms with Gasteiger partial charge in [0.2, 0.25) is 5.91 Å². The molecule has 2 heterocycles. The number of hydrogen-bond acceptors (Lipinski definition) is 9. The number of rotatable bonds is 15.